The van der Waals surface area contributed by atoms with Gasteiger partial charge < -0.3 is 19.1 Å². The highest BCUT2D eigenvalue weighted by atomic mass is 19.1. The van der Waals surface area contributed by atoms with E-state index in [2.05, 4.69) is 66.2 Å². The second-order valence-corrected chi connectivity index (χ2v) is 13.5. The lowest BCUT2D eigenvalue weighted by Gasteiger charge is -2.34. The zero-order valence-electron chi connectivity index (χ0n) is 30.8. The fourth-order valence-electron chi connectivity index (χ4n) is 6.15. The van der Waals surface area contributed by atoms with Gasteiger partial charge in [0.1, 0.15) is 36.3 Å². The second-order valence-electron chi connectivity index (χ2n) is 13.5. The summed E-state index contributed by atoms with van der Waals surface area (Å²) < 4.78 is 30.9. The molecule has 1 saturated heterocycles. The average molecular weight is 712 g/mol. The van der Waals surface area contributed by atoms with Crippen LogP contribution >= 0.6 is 0 Å². The summed E-state index contributed by atoms with van der Waals surface area (Å²) in [5.74, 6) is 2.38. The Balaban J connectivity index is 0.940. The molecule has 0 radical (unpaired) electrons. The molecule has 5 aromatic rings. The van der Waals surface area contributed by atoms with Crippen molar-refractivity contribution >= 4 is 17.6 Å². The van der Waals surface area contributed by atoms with Crippen LogP contribution < -0.4 is 14.2 Å². The third-order valence-electron chi connectivity index (χ3n) is 9.30. The van der Waals surface area contributed by atoms with Gasteiger partial charge in [0.25, 0.3) is 0 Å². The number of aromatic nitrogens is 1. The number of hydrogen-bond acceptors (Lipinski definition) is 6. The highest BCUT2D eigenvalue weighted by Crippen LogP contribution is 2.30. The summed E-state index contributed by atoms with van der Waals surface area (Å²) in [5, 5.41) is 0. The summed E-state index contributed by atoms with van der Waals surface area (Å²) in [7, 11) is 0. The van der Waals surface area contributed by atoms with Gasteiger partial charge in [0.05, 0.1) is 6.20 Å². The van der Waals surface area contributed by atoms with Gasteiger partial charge >= 0.3 is 0 Å². The van der Waals surface area contributed by atoms with E-state index in [0.717, 1.165) is 53.4 Å². The van der Waals surface area contributed by atoms with Crippen molar-refractivity contribution in [2.45, 2.75) is 40.8 Å². The van der Waals surface area contributed by atoms with E-state index in [0.29, 0.717) is 37.9 Å². The molecule has 0 N–H and O–H groups in total. The number of carbonyl (C=O) groups excluding carboxylic acids is 1. The van der Waals surface area contributed by atoms with Crippen LogP contribution in [0.1, 0.15) is 45.9 Å². The molecule has 1 aromatic heterocycles. The van der Waals surface area contributed by atoms with Crippen LogP contribution in [-0.2, 0) is 17.9 Å². The lowest BCUT2D eigenvalue weighted by Crippen LogP contribution is -2.47. The first-order valence-corrected chi connectivity index (χ1v) is 18.0. The van der Waals surface area contributed by atoms with Crippen LogP contribution in [-0.4, -0.2) is 53.5 Å². The van der Waals surface area contributed by atoms with E-state index in [9.17, 15) is 9.18 Å². The van der Waals surface area contributed by atoms with Crippen LogP contribution in [0, 0.1) is 26.6 Å². The normalized spacial score (nSPS) is 13.7. The quantitative estimate of drug-likeness (QED) is 0.114. The van der Waals surface area contributed by atoms with Gasteiger partial charge in [-0.05, 0) is 121 Å². The average Bonchev–Trinajstić information content (AvgIpc) is 3.17. The van der Waals surface area contributed by atoms with Crippen molar-refractivity contribution in [1.82, 2.24) is 14.8 Å². The van der Waals surface area contributed by atoms with Crippen LogP contribution in [0.5, 0.6) is 23.1 Å². The molecule has 1 fully saturated rings. The summed E-state index contributed by atoms with van der Waals surface area (Å²) in [4.78, 5) is 21.8. The van der Waals surface area contributed by atoms with Crippen molar-refractivity contribution in [3.8, 4) is 23.1 Å². The smallest absolute Gasteiger partial charge is 0.246 e. The summed E-state index contributed by atoms with van der Waals surface area (Å²) in [6.45, 7) is 12.9. The summed E-state index contributed by atoms with van der Waals surface area (Å²) in [6, 6.07) is 30.6. The van der Waals surface area contributed by atoms with Gasteiger partial charge in [-0.2, -0.15) is 0 Å². The van der Waals surface area contributed by atoms with Crippen molar-refractivity contribution in [2.24, 2.45) is 0 Å². The lowest BCUT2D eigenvalue weighted by atomic mass is 10.0. The van der Waals surface area contributed by atoms with Gasteiger partial charge in [0, 0.05) is 44.9 Å². The maximum atomic E-state index is 13.1. The van der Waals surface area contributed by atoms with E-state index in [4.69, 9.17) is 14.2 Å². The number of pyridine rings is 1. The Labute approximate surface area is 312 Å². The molecular weight excluding hydrogens is 666 g/mol. The van der Waals surface area contributed by atoms with Crippen LogP contribution in [0.4, 0.5) is 4.39 Å². The summed E-state index contributed by atoms with van der Waals surface area (Å²) in [5.41, 5.74) is 8.53. The highest BCUT2D eigenvalue weighted by Gasteiger charge is 2.20. The van der Waals surface area contributed by atoms with Gasteiger partial charge in [-0.1, -0.05) is 54.1 Å². The third-order valence-corrected chi connectivity index (χ3v) is 9.30. The molecule has 1 aliphatic rings. The molecule has 0 spiro atoms. The van der Waals surface area contributed by atoms with E-state index in [1.54, 1.807) is 36.5 Å². The first-order valence-electron chi connectivity index (χ1n) is 18.0. The molecule has 0 saturated carbocycles. The molecule has 1 amide bonds. The van der Waals surface area contributed by atoms with E-state index in [-0.39, 0.29) is 11.7 Å². The molecule has 8 heteroatoms. The van der Waals surface area contributed by atoms with E-state index in [1.165, 1.54) is 34.4 Å². The Morgan fingerprint density at radius 1 is 0.792 bits per heavy atom. The number of allylic oxidation sites excluding steroid dienone is 1. The number of hydrogen-bond donors (Lipinski definition) is 0. The van der Waals surface area contributed by atoms with E-state index in [1.807, 2.05) is 49.1 Å². The number of amides is 1. The summed E-state index contributed by atoms with van der Waals surface area (Å²) >= 11 is 0. The van der Waals surface area contributed by atoms with Gasteiger partial charge in [-0.3, -0.25) is 9.69 Å². The fraction of sp³-hybridized carbons (Fsp3) is 0.244. The predicted octanol–water partition coefficient (Wildman–Crippen LogP) is 9.36. The molecule has 4 aromatic carbocycles. The number of nitrogens with zero attached hydrogens (tertiary/aromatic N) is 3. The largest absolute Gasteiger partial charge is 0.490 e. The summed E-state index contributed by atoms with van der Waals surface area (Å²) in [6.07, 6.45) is 7.25. The molecule has 272 valence electrons. The Hall–Kier alpha value is -5.73. The third kappa shape index (κ3) is 10.7. The Morgan fingerprint density at radius 2 is 1.45 bits per heavy atom. The highest BCUT2D eigenvalue weighted by molar-refractivity contribution is 5.92. The monoisotopic (exact) mass is 711 g/mol. The standard InChI is InChI=1S/C45H46FN3O4/c1-32-5-16-41(17-6-32)51-26-21-33(2)39-12-7-36(8-13-39)30-48-22-24-49(25-23-48)44(50)20-11-38-27-34(3)45(35(4)28-38)53-43-19-18-42(29-47-43)52-31-37-9-14-40(46)15-10-37/h5-21,27-29H,22-26,30-31H2,1-4H3. The molecule has 53 heavy (non-hydrogen) atoms. The van der Waals surface area contributed by atoms with E-state index >= 15 is 0 Å². The maximum Gasteiger partial charge on any atom is 0.246 e. The molecule has 2 heterocycles. The van der Waals surface area contributed by atoms with Crippen LogP contribution in [0.15, 0.2) is 115 Å². The number of rotatable bonds is 13. The fourth-order valence-corrected chi connectivity index (χ4v) is 6.15. The number of benzene rings is 4. The topological polar surface area (TPSA) is 64.1 Å². The van der Waals surface area contributed by atoms with Crippen molar-refractivity contribution in [3.63, 3.8) is 0 Å². The minimum atomic E-state index is -0.278. The van der Waals surface area contributed by atoms with E-state index < -0.39 is 0 Å². The molecule has 0 bridgehead atoms. The van der Waals surface area contributed by atoms with Gasteiger partial charge in [-0.25, -0.2) is 9.37 Å². The zero-order valence-corrected chi connectivity index (χ0v) is 30.8. The Kier molecular flexibility index (Phi) is 12.3. The molecule has 7 nitrogen and oxygen atoms in total. The number of piperazine rings is 1. The van der Waals surface area contributed by atoms with Crippen molar-refractivity contribution < 1.29 is 23.4 Å². The Bertz CT molecular complexity index is 2010. The minimum Gasteiger partial charge on any atom is -0.490 e. The first-order chi connectivity index (χ1) is 25.7. The molecular formula is C45H46FN3O4. The van der Waals surface area contributed by atoms with Crippen LogP contribution in [0.2, 0.25) is 0 Å². The van der Waals surface area contributed by atoms with Crippen molar-refractivity contribution in [1.29, 1.82) is 0 Å². The van der Waals surface area contributed by atoms with Crippen molar-refractivity contribution in [2.75, 3.05) is 32.8 Å². The van der Waals surface area contributed by atoms with Gasteiger partial charge in [0.2, 0.25) is 11.8 Å². The molecule has 0 atom stereocenters. The van der Waals surface area contributed by atoms with Crippen molar-refractivity contribution in [3.05, 3.63) is 160 Å². The minimum absolute atomic E-state index is 0.0178. The number of ether oxygens (including phenoxy) is 3. The number of aryl methyl sites for hydroxylation is 3. The van der Waals surface area contributed by atoms with Gasteiger partial charge in [-0.15, -0.1) is 0 Å². The zero-order chi connectivity index (χ0) is 37.2. The molecule has 1 aliphatic heterocycles. The number of carbonyl (C=O) groups is 1. The maximum absolute atomic E-state index is 13.1. The second kappa shape index (κ2) is 17.7. The SMILES string of the molecule is CC(=CCOc1ccc(C)cc1)c1ccc(CN2CCN(C(=O)C=Cc3cc(C)c(Oc4ccc(OCc5ccc(F)cc5)cn4)c(C)c3)CC2)cc1. The predicted molar refractivity (Wildman–Crippen MR) is 209 cm³/mol. The lowest BCUT2D eigenvalue weighted by molar-refractivity contribution is -0.127. The van der Waals surface area contributed by atoms with Crippen LogP contribution in [0.25, 0.3) is 11.6 Å². The van der Waals surface area contributed by atoms with Gasteiger partial charge in [0.15, 0.2) is 0 Å². The Morgan fingerprint density at radius 3 is 2.11 bits per heavy atom. The first kappa shape index (κ1) is 37.0. The molecule has 6 rings (SSSR count). The number of halogens is 1. The molecule has 0 unspecified atom stereocenters. The molecule has 0 aliphatic carbocycles. The van der Waals surface area contributed by atoms with Crippen LogP contribution in [0.3, 0.4) is 0 Å².